The zero-order chi connectivity index (χ0) is 21.6. The number of methoxy groups -OCH3 is 1. The Morgan fingerprint density at radius 3 is 2.83 bits per heavy atom. The van der Waals surface area contributed by atoms with Gasteiger partial charge in [0.25, 0.3) is 11.8 Å². The van der Waals surface area contributed by atoms with E-state index in [-0.39, 0.29) is 41.7 Å². The SMILES string of the molecule is COc1c2n(cc(C(=O)NCc3cccc(F)c3F)c1=O)C[C@H]1OC[C@H](C)N1C2=O. The second-order valence-electron chi connectivity index (χ2n) is 7.15. The van der Waals surface area contributed by atoms with Gasteiger partial charge in [0, 0.05) is 18.3 Å². The first-order chi connectivity index (χ1) is 14.3. The first-order valence-electron chi connectivity index (χ1n) is 9.30. The van der Waals surface area contributed by atoms with Crippen LogP contribution in [0.25, 0.3) is 0 Å². The van der Waals surface area contributed by atoms with Crippen LogP contribution >= 0.6 is 0 Å². The average Bonchev–Trinajstić information content (AvgIpc) is 3.09. The molecule has 1 N–H and O–H groups in total. The van der Waals surface area contributed by atoms with E-state index < -0.39 is 35.1 Å². The standard InChI is InChI=1S/C20H19F2N3O5/c1-10-9-30-14-8-24-7-12(17(26)18(29-2)16(24)20(28)25(10)14)19(27)23-6-11-4-3-5-13(21)15(11)22/h3-5,7,10,14H,6,8-9H2,1-2H3,(H,23,27)/t10-,14+/m0/s1. The molecule has 10 heteroatoms. The molecule has 0 spiro atoms. The minimum Gasteiger partial charge on any atom is -0.491 e. The van der Waals surface area contributed by atoms with Gasteiger partial charge in [-0.15, -0.1) is 0 Å². The number of pyridine rings is 1. The molecule has 2 aliphatic heterocycles. The fraction of sp³-hybridized carbons (Fsp3) is 0.350. The first kappa shape index (κ1) is 20.0. The predicted octanol–water partition coefficient (Wildman–Crippen LogP) is 1.27. The lowest BCUT2D eigenvalue weighted by molar-refractivity contribution is 0.00621. The van der Waals surface area contributed by atoms with Gasteiger partial charge in [-0.3, -0.25) is 14.4 Å². The number of hydrogen-bond acceptors (Lipinski definition) is 5. The van der Waals surface area contributed by atoms with Crippen LogP contribution in [0.3, 0.4) is 0 Å². The van der Waals surface area contributed by atoms with Crippen LogP contribution in [0.4, 0.5) is 8.78 Å². The van der Waals surface area contributed by atoms with Gasteiger partial charge in [-0.05, 0) is 13.0 Å². The third-order valence-electron chi connectivity index (χ3n) is 5.26. The van der Waals surface area contributed by atoms with Gasteiger partial charge in [-0.25, -0.2) is 8.78 Å². The molecule has 4 rings (SSSR count). The van der Waals surface area contributed by atoms with Crippen molar-refractivity contribution in [2.75, 3.05) is 13.7 Å². The van der Waals surface area contributed by atoms with E-state index in [9.17, 15) is 23.2 Å². The highest BCUT2D eigenvalue weighted by Crippen LogP contribution is 2.29. The van der Waals surface area contributed by atoms with Gasteiger partial charge >= 0.3 is 0 Å². The van der Waals surface area contributed by atoms with E-state index in [1.807, 2.05) is 6.92 Å². The minimum absolute atomic E-state index is 0.0452. The highest BCUT2D eigenvalue weighted by Gasteiger charge is 2.43. The molecular formula is C20H19F2N3O5. The number of ether oxygens (including phenoxy) is 2. The molecule has 0 aliphatic carbocycles. The van der Waals surface area contributed by atoms with E-state index in [4.69, 9.17) is 9.47 Å². The summed E-state index contributed by atoms with van der Waals surface area (Å²) >= 11 is 0. The number of halogens is 2. The summed E-state index contributed by atoms with van der Waals surface area (Å²) in [5, 5.41) is 2.41. The van der Waals surface area contributed by atoms with Crippen molar-refractivity contribution in [2.45, 2.75) is 32.3 Å². The number of benzene rings is 1. The van der Waals surface area contributed by atoms with Gasteiger partial charge < -0.3 is 24.3 Å². The lowest BCUT2D eigenvalue weighted by Gasteiger charge is -2.34. The second kappa shape index (κ2) is 7.52. The number of amides is 2. The molecule has 30 heavy (non-hydrogen) atoms. The summed E-state index contributed by atoms with van der Waals surface area (Å²) in [6, 6.07) is 3.45. The molecule has 2 amide bonds. The fourth-order valence-electron chi connectivity index (χ4n) is 3.77. The van der Waals surface area contributed by atoms with Gasteiger partial charge in [-0.2, -0.15) is 0 Å². The Labute approximate surface area is 170 Å². The predicted molar refractivity (Wildman–Crippen MR) is 100 cm³/mol. The van der Waals surface area contributed by atoms with E-state index in [0.29, 0.717) is 6.61 Å². The Kier molecular flexibility index (Phi) is 5.02. The Morgan fingerprint density at radius 1 is 1.33 bits per heavy atom. The molecule has 2 atom stereocenters. The number of rotatable bonds is 4. The average molecular weight is 419 g/mol. The number of carbonyl (C=O) groups excluding carboxylic acids is 2. The summed E-state index contributed by atoms with van der Waals surface area (Å²) in [5.41, 5.74) is -1.06. The summed E-state index contributed by atoms with van der Waals surface area (Å²) in [5.74, 6) is -3.57. The van der Waals surface area contributed by atoms with Gasteiger partial charge in [0.1, 0.15) is 5.56 Å². The monoisotopic (exact) mass is 419 g/mol. The van der Waals surface area contributed by atoms with Crippen molar-refractivity contribution in [3.05, 3.63) is 63.1 Å². The van der Waals surface area contributed by atoms with Crippen LogP contribution in [0.15, 0.2) is 29.2 Å². The number of hydrogen-bond donors (Lipinski definition) is 1. The Bertz CT molecular complexity index is 1100. The third-order valence-corrected chi connectivity index (χ3v) is 5.26. The molecular weight excluding hydrogens is 400 g/mol. The molecule has 1 aromatic carbocycles. The lowest BCUT2D eigenvalue weighted by atomic mass is 10.1. The number of fused-ring (bicyclic) bond motifs is 2. The molecule has 2 aromatic rings. The molecule has 0 radical (unpaired) electrons. The molecule has 158 valence electrons. The topological polar surface area (TPSA) is 89.9 Å². The summed E-state index contributed by atoms with van der Waals surface area (Å²) in [6.07, 6.45) is 0.753. The second-order valence-corrected chi connectivity index (χ2v) is 7.15. The maximum atomic E-state index is 13.8. The van der Waals surface area contributed by atoms with E-state index in [0.717, 1.165) is 6.07 Å². The number of nitrogens with zero attached hydrogens (tertiary/aromatic N) is 2. The summed E-state index contributed by atoms with van der Waals surface area (Å²) in [4.78, 5) is 39.9. The zero-order valence-electron chi connectivity index (χ0n) is 16.3. The summed E-state index contributed by atoms with van der Waals surface area (Å²) in [7, 11) is 1.24. The van der Waals surface area contributed by atoms with Crippen LogP contribution in [-0.2, 0) is 17.8 Å². The maximum Gasteiger partial charge on any atom is 0.276 e. The lowest BCUT2D eigenvalue weighted by Crippen LogP contribution is -2.49. The molecule has 1 saturated heterocycles. The van der Waals surface area contributed by atoms with Crippen LogP contribution in [-0.4, -0.2) is 47.3 Å². The van der Waals surface area contributed by atoms with Crippen molar-refractivity contribution in [1.82, 2.24) is 14.8 Å². The normalized spacial score (nSPS) is 20.0. The van der Waals surface area contributed by atoms with Gasteiger partial charge in [0.15, 0.2) is 29.3 Å². The Hall–Kier alpha value is -3.27. The first-order valence-corrected chi connectivity index (χ1v) is 9.30. The van der Waals surface area contributed by atoms with Gasteiger partial charge in [-0.1, -0.05) is 12.1 Å². The van der Waals surface area contributed by atoms with E-state index >= 15 is 0 Å². The molecule has 0 saturated carbocycles. The third kappa shape index (κ3) is 3.13. The van der Waals surface area contributed by atoms with Crippen LogP contribution in [0.1, 0.15) is 33.3 Å². The largest absolute Gasteiger partial charge is 0.491 e. The van der Waals surface area contributed by atoms with Crippen LogP contribution in [0.5, 0.6) is 5.75 Å². The van der Waals surface area contributed by atoms with E-state index in [1.165, 1.54) is 30.0 Å². The van der Waals surface area contributed by atoms with Crippen molar-refractivity contribution in [1.29, 1.82) is 0 Å². The van der Waals surface area contributed by atoms with Crippen molar-refractivity contribution in [3.8, 4) is 5.75 Å². The molecule has 1 fully saturated rings. The van der Waals surface area contributed by atoms with Crippen molar-refractivity contribution < 1.29 is 27.8 Å². The maximum absolute atomic E-state index is 13.8. The van der Waals surface area contributed by atoms with E-state index in [2.05, 4.69) is 5.32 Å². The number of aromatic nitrogens is 1. The molecule has 2 aliphatic rings. The molecule has 1 aromatic heterocycles. The summed E-state index contributed by atoms with van der Waals surface area (Å²) in [6.45, 7) is 2.11. The van der Waals surface area contributed by atoms with Crippen molar-refractivity contribution >= 4 is 11.8 Å². The summed E-state index contributed by atoms with van der Waals surface area (Å²) < 4.78 is 39.4. The fourth-order valence-corrected chi connectivity index (χ4v) is 3.77. The molecule has 3 heterocycles. The Morgan fingerprint density at radius 2 is 2.10 bits per heavy atom. The van der Waals surface area contributed by atoms with Crippen LogP contribution in [0.2, 0.25) is 0 Å². The van der Waals surface area contributed by atoms with Gasteiger partial charge in [0.2, 0.25) is 5.43 Å². The number of nitrogens with one attached hydrogen (secondary N) is 1. The molecule has 8 nitrogen and oxygen atoms in total. The van der Waals surface area contributed by atoms with Crippen molar-refractivity contribution in [3.63, 3.8) is 0 Å². The highest BCUT2D eigenvalue weighted by atomic mass is 19.2. The quantitative estimate of drug-likeness (QED) is 0.806. The van der Waals surface area contributed by atoms with Crippen LogP contribution < -0.4 is 15.5 Å². The highest BCUT2D eigenvalue weighted by molar-refractivity contribution is 5.99. The molecule has 0 bridgehead atoms. The molecule has 0 unspecified atom stereocenters. The van der Waals surface area contributed by atoms with Crippen LogP contribution in [0, 0.1) is 11.6 Å². The van der Waals surface area contributed by atoms with Crippen molar-refractivity contribution in [2.24, 2.45) is 0 Å². The zero-order valence-corrected chi connectivity index (χ0v) is 16.3. The Balaban J connectivity index is 1.67. The van der Waals surface area contributed by atoms with Gasteiger partial charge in [0.05, 0.1) is 26.3 Å². The number of carbonyl (C=O) groups is 2. The smallest absolute Gasteiger partial charge is 0.276 e. The van der Waals surface area contributed by atoms with E-state index in [1.54, 1.807) is 4.90 Å². The minimum atomic E-state index is -1.07.